The second kappa shape index (κ2) is 5.62. The van der Waals surface area contributed by atoms with E-state index in [1.165, 1.54) is 25.8 Å². The van der Waals surface area contributed by atoms with Crippen LogP contribution in [0.4, 0.5) is 5.69 Å². The fourth-order valence-corrected chi connectivity index (χ4v) is 3.40. The first-order valence-electron chi connectivity index (χ1n) is 7.23. The van der Waals surface area contributed by atoms with E-state index < -0.39 is 0 Å². The number of benzene rings is 1. The van der Waals surface area contributed by atoms with E-state index in [0.29, 0.717) is 22.3 Å². The van der Waals surface area contributed by atoms with Crippen LogP contribution in [0.2, 0.25) is 5.02 Å². The average molecular weight is 294 g/mol. The third-order valence-corrected chi connectivity index (χ3v) is 4.61. The van der Waals surface area contributed by atoms with Crippen LogP contribution >= 0.6 is 11.6 Å². The topological polar surface area (TPSA) is 49.6 Å². The summed E-state index contributed by atoms with van der Waals surface area (Å²) in [4.78, 5) is 17.0. The number of hydrogen-bond acceptors (Lipinski definition) is 3. The fraction of sp³-hybridized carbons (Fsp3) is 0.533. The molecule has 0 spiro atoms. The molecule has 1 atom stereocenters. The molecule has 5 heteroatoms. The van der Waals surface area contributed by atoms with E-state index in [0.717, 1.165) is 19.6 Å². The lowest BCUT2D eigenvalue weighted by molar-refractivity contribution is 0.0373. The SMILES string of the molecule is Nc1ccc(Cl)cc1C(=O)N1CCN2CCCCC2C1. The minimum atomic E-state index is 0.00947. The van der Waals surface area contributed by atoms with Gasteiger partial charge >= 0.3 is 0 Å². The number of nitrogen functional groups attached to an aromatic ring is 1. The smallest absolute Gasteiger partial charge is 0.256 e. The first-order chi connectivity index (χ1) is 9.65. The van der Waals surface area contributed by atoms with E-state index in [4.69, 9.17) is 17.3 Å². The Morgan fingerprint density at radius 3 is 2.95 bits per heavy atom. The highest BCUT2D eigenvalue weighted by Gasteiger charge is 2.31. The number of anilines is 1. The Bertz CT molecular complexity index is 520. The quantitative estimate of drug-likeness (QED) is 0.808. The minimum Gasteiger partial charge on any atom is -0.398 e. The number of amides is 1. The lowest BCUT2D eigenvalue weighted by Gasteiger charge is -2.44. The number of nitrogens with zero attached hydrogens (tertiary/aromatic N) is 2. The second-order valence-corrected chi connectivity index (χ2v) is 6.10. The lowest BCUT2D eigenvalue weighted by atomic mass is 9.99. The Hall–Kier alpha value is -1.26. The molecule has 1 unspecified atom stereocenters. The van der Waals surface area contributed by atoms with Gasteiger partial charge in [0.25, 0.3) is 5.91 Å². The first-order valence-corrected chi connectivity index (χ1v) is 7.61. The number of halogens is 1. The van der Waals surface area contributed by atoms with E-state index in [-0.39, 0.29) is 5.91 Å². The van der Waals surface area contributed by atoms with Gasteiger partial charge in [0.1, 0.15) is 0 Å². The summed E-state index contributed by atoms with van der Waals surface area (Å²) >= 11 is 5.98. The maximum atomic E-state index is 12.6. The largest absolute Gasteiger partial charge is 0.398 e. The summed E-state index contributed by atoms with van der Waals surface area (Å²) in [5.41, 5.74) is 6.95. The molecule has 3 rings (SSSR count). The number of nitrogens with two attached hydrogens (primary N) is 1. The van der Waals surface area contributed by atoms with Crippen molar-refractivity contribution in [2.75, 3.05) is 31.9 Å². The van der Waals surface area contributed by atoms with Gasteiger partial charge in [-0.15, -0.1) is 0 Å². The molecular weight excluding hydrogens is 274 g/mol. The van der Waals surface area contributed by atoms with Crippen LogP contribution in [0.15, 0.2) is 18.2 Å². The molecular formula is C15H20ClN3O. The number of piperazine rings is 1. The van der Waals surface area contributed by atoms with Gasteiger partial charge in [0.15, 0.2) is 0 Å². The molecule has 0 radical (unpaired) electrons. The molecule has 0 saturated carbocycles. The number of carbonyl (C=O) groups excluding carboxylic acids is 1. The molecule has 1 aromatic carbocycles. The minimum absolute atomic E-state index is 0.00947. The zero-order valence-corrected chi connectivity index (χ0v) is 12.3. The maximum Gasteiger partial charge on any atom is 0.256 e. The summed E-state index contributed by atoms with van der Waals surface area (Å²) in [7, 11) is 0. The van der Waals surface area contributed by atoms with Crippen LogP contribution in [0.1, 0.15) is 29.6 Å². The molecule has 2 aliphatic heterocycles. The van der Waals surface area contributed by atoms with Gasteiger partial charge in [-0.2, -0.15) is 0 Å². The lowest BCUT2D eigenvalue weighted by Crippen LogP contribution is -2.56. The third-order valence-electron chi connectivity index (χ3n) is 4.37. The Balaban J connectivity index is 1.76. The zero-order valence-electron chi connectivity index (χ0n) is 11.5. The molecule has 2 aliphatic rings. The van der Waals surface area contributed by atoms with E-state index in [2.05, 4.69) is 4.90 Å². The third kappa shape index (κ3) is 2.63. The normalized spacial score (nSPS) is 23.4. The molecule has 0 bridgehead atoms. The van der Waals surface area contributed by atoms with Gasteiger partial charge in [0.2, 0.25) is 0 Å². The molecule has 4 nitrogen and oxygen atoms in total. The Morgan fingerprint density at radius 2 is 2.10 bits per heavy atom. The standard InChI is InChI=1S/C15H20ClN3O/c16-11-4-5-14(17)13(9-11)15(20)19-8-7-18-6-2-1-3-12(18)10-19/h4-5,9,12H,1-3,6-8,10,17H2. The van der Waals surface area contributed by atoms with Crippen molar-refractivity contribution in [3.63, 3.8) is 0 Å². The highest BCUT2D eigenvalue weighted by Crippen LogP contribution is 2.24. The summed E-state index contributed by atoms with van der Waals surface area (Å²) in [6, 6.07) is 5.60. The van der Waals surface area contributed by atoms with Gasteiger partial charge in [-0.25, -0.2) is 0 Å². The zero-order chi connectivity index (χ0) is 14.1. The van der Waals surface area contributed by atoms with Crippen molar-refractivity contribution < 1.29 is 4.79 Å². The molecule has 1 amide bonds. The van der Waals surface area contributed by atoms with Crippen LogP contribution in [0, 0.1) is 0 Å². The molecule has 20 heavy (non-hydrogen) atoms. The van der Waals surface area contributed by atoms with E-state index in [1.54, 1.807) is 18.2 Å². The highest BCUT2D eigenvalue weighted by molar-refractivity contribution is 6.31. The van der Waals surface area contributed by atoms with Crippen LogP contribution < -0.4 is 5.73 Å². The Kier molecular flexibility index (Phi) is 3.85. The molecule has 108 valence electrons. The fourth-order valence-electron chi connectivity index (χ4n) is 3.22. The number of piperidine rings is 1. The van der Waals surface area contributed by atoms with Crippen molar-refractivity contribution in [2.24, 2.45) is 0 Å². The highest BCUT2D eigenvalue weighted by atomic mass is 35.5. The van der Waals surface area contributed by atoms with E-state index in [1.807, 2.05) is 4.90 Å². The van der Waals surface area contributed by atoms with Crippen molar-refractivity contribution in [1.82, 2.24) is 9.80 Å². The van der Waals surface area contributed by atoms with Gasteiger partial charge in [0, 0.05) is 36.4 Å². The van der Waals surface area contributed by atoms with Crippen molar-refractivity contribution in [2.45, 2.75) is 25.3 Å². The number of hydrogen-bond donors (Lipinski definition) is 1. The van der Waals surface area contributed by atoms with Crippen LogP contribution in [0.5, 0.6) is 0 Å². The second-order valence-electron chi connectivity index (χ2n) is 5.67. The number of fused-ring (bicyclic) bond motifs is 1. The predicted molar refractivity (Wildman–Crippen MR) is 81.0 cm³/mol. The summed E-state index contributed by atoms with van der Waals surface area (Å²) in [5, 5.41) is 0.554. The summed E-state index contributed by atoms with van der Waals surface area (Å²) < 4.78 is 0. The van der Waals surface area contributed by atoms with Gasteiger partial charge in [-0.3, -0.25) is 9.69 Å². The molecule has 2 heterocycles. The van der Waals surface area contributed by atoms with Crippen molar-refractivity contribution in [1.29, 1.82) is 0 Å². The van der Waals surface area contributed by atoms with Crippen LogP contribution in [-0.2, 0) is 0 Å². The van der Waals surface area contributed by atoms with Gasteiger partial charge in [-0.1, -0.05) is 18.0 Å². The Morgan fingerprint density at radius 1 is 1.25 bits per heavy atom. The van der Waals surface area contributed by atoms with E-state index in [9.17, 15) is 4.79 Å². The van der Waals surface area contributed by atoms with Crippen molar-refractivity contribution in [3.05, 3.63) is 28.8 Å². The molecule has 2 saturated heterocycles. The van der Waals surface area contributed by atoms with Gasteiger partial charge in [-0.05, 0) is 37.6 Å². The summed E-state index contributed by atoms with van der Waals surface area (Å²) in [5.74, 6) is 0.00947. The maximum absolute atomic E-state index is 12.6. The van der Waals surface area contributed by atoms with Crippen LogP contribution in [0.25, 0.3) is 0 Å². The van der Waals surface area contributed by atoms with Crippen LogP contribution in [-0.4, -0.2) is 47.9 Å². The number of carbonyl (C=O) groups is 1. The number of rotatable bonds is 1. The molecule has 0 aromatic heterocycles. The van der Waals surface area contributed by atoms with E-state index >= 15 is 0 Å². The average Bonchev–Trinajstić information content (AvgIpc) is 2.48. The summed E-state index contributed by atoms with van der Waals surface area (Å²) in [6.07, 6.45) is 3.74. The predicted octanol–water partition coefficient (Wildman–Crippen LogP) is 2.23. The van der Waals surface area contributed by atoms with Crippen molar-refractivity contribution >= 4 is 23.2 Å². The monoisotopic (exact) mass is 293 g/mol. The van der Waals surface area contributed by atoms with Crippen molar-refractivity contribution in [3.8, 4) is 0 Å². The first kappa shape index (κ1) is 13.7. The van der Waals surface area contributed by atoms with Crippen LogP contribution in [0.3, 0.4) is 0 Å². The Labute approximate surface area is 124 Å². The van der Waals surface area contributed by atoms with Gasteiger partial charge in [0.05, 0.1) is 5.56 Å². The summed E-state index contributed by atoms with van der Waals surface area (Å²) in [6.45, 7) is 3.73. The molecule has 0 aliphatic carbocycles. The molecule has 2 N–H and O–H groups in total. The molecule has 2 fully saturated rings. The molecule has 1 aromatic rings. The van der Waals surface area contributed by atoms with Gasteiger partial charge < -0.3 is 10.6 Å².